The normalized spacial score (nSPS) is 25.3. The Labute approximate surface area is 102 Å². The maximum atomic E-state index is 2.40. The lowest BCUT2D eigenvalue weighted by Crippen LogP contribution is -2.46. The minimum absolute atomic E-state index is 0.111. The molecule has 0 saturated heterocycles. The van der Waals surface area contributed by atoms with Gasteiger partial charge in [-0.15, -0.1) is 0 Å². The van der Waals surface area contributed by atoms with E-state index in [1.807, 2.05) is 0 Å². The molecule has 1 unspecified atom stereocenters. The van der Waals surface area contributed by atoms with Gasteiger partial charge in [0.1, 0.15) is 14.1 Å². The molecule has 0 bridgehead atoms. The average molecular weight is 237 g/mol. The zero-order valence-corrected chi connectivity index (χ0v) is 12.9. The predicted octanol–water partition coefficient (Wildman–Crippen LogP) is 1.54. The first-order valence-electron chi connectivity index (χ1n) is 5.92. The summed E-state index contributed by atoms with van der Waals surface area (Å²) in [5.74, 6) is 0. The monoisotopic (exact) mass is 237 g/mol. The van der Waals surface area contributed by atoms with Gasteiger partial charge in [0.05, 0.1) is 14.3 Å². The molecule has 0 fully saturated rings. The number of likely N-dealkylation sites (N-methyl/N-ethyl adjacent to an activating group) is 1. The smallest absolute Gasteiger partial charge is 0.198 e. The van der Waals surface area contributed by atoms with Crippen molar-refractivity contribution in [1.29, 1.82) is 0 Å². The molecular weight excluding hydrogens is 212 g/mol. The van der Waals surface area contributed by atoms with Crippen LogP contribution in [0.2, 0.25) is 13.1 Å². The largest absolute Gasteiger partial charge is 0.297 e. The lowest BCUT2D eigenvalue weighted by Gasteiger charge is -2.39. The van der Waals surface area contributed by atoms with Crippen LogP contribution in [0.3, 0.4) is 0 Å². The van der Waals surface area contributed by atoms with Gasteiger partial charge in [-0.3, -0.25) is 4.90 Å². The van der Waals surface area contributed by atoms with Crippen LogP contribution in [0.1, 0.15) is 6.92 Å². The number of allylic oxidation sites excluding steroid dienone is 2. The fourth-order valence-electron chi connectivity index (χ4n) is 2.13. The number of hydrogen-bond donors (Lipinski definition) is 0. The molecule has 1 aliphatic rings. The van der Waals surface area contributed by atoms with Crippen LogP contribution in [-0.4, -0.2) is 57.7 Å². The van der Waals surface area contributed by atoms with E-state index in [9.17, 15) is 0 Å². The van der Waals surface area contributed by atoms with Crippen molar-refractivity contribution in [2.75, 3.05) is 28.2 Å². The van der Waals surface area contributed by atoms with Crippen LogP contribution in [0.5, 0.6) is 0 Å². The van der Waals surface area contributed by atoms with E-state index in [0.29, 0.717) is 0 Å². The molecule has 3 heteroatoms. The van der Waals surface area contributed by atoms with Gasteiger partial charge in [0, 0.05) is 12.2 Å². The van der Waals surface area contributed by atoms with Crippen molar-refractivity contribution in [3.05, 3.63) is 23.4 Å². The number of nitrogens with zero attached hydrogens (tertiary/aromatic N) is 2. The lowest BCUT2D eigenvalue weighted by molar-refractivity contribution is -0.462. The summed E-state index contributed by atoms with van der Waals surface area (Å²) in [5.41, 5.74) is 1.43. The maximum absolute atomic E-state index is 2.40. The summed E-state index contributed by atoms with van der Waals surface area (Å²) in [6, 6.07) is 0. The molecule has 0 amide bonds. The summed E-state index contributed by atoms with van der Waals surface area (Å²) in [5, 5.41) is 1.61. The van der Waals surface area contributed by atoms with Crippen molar-refractivity contribution in [3.8, 4) is 0 Å². The van der Waals surface area contributed by atoms with Crippen LogP contribution in [0.15, 0.2) is 23.4 Å². The molecule has 1 atom stereocenters. The van der Waals surface area contributed by atoms with Gasteiger partial charge >= 0.3 is 0 Å². The van der Waals surface area contributed by atoms with Crippen LogP contribution >= 0.6 is 0 Å². The molecule has 0 N–H and O–H groups in total. The highest BCUT2D eigenvalue weighted by molar-refractivity contribution is 6.65. The molecule has 0 radical (unpaired) electrons. The third-order valence-electron chi connectivity index (χ3n) is 3.53. The van der Waals surface area contributed by atoms with Crippen molar-refractivity contribution in [1.82, 2.24) is 4.90 Å². The maximum Gasteiger partial charge on any atom is 0.198 e. The van der Waals surface area contributed by atoms with E-state index >= 15 is 0 Å². The Morgan fingerprint density at radius 2 is 1.81 bits per heavy atom. The van der Waals surface area contributed by atoms with Crippen LogP contribution in [0.25, 0.3) is 0 Å². The van der Waals surface area contributed by atoms with Crippen molar-refractivity contribution in [2.24, 2.45) is 0 Å². The standard InChI is InChI=1S/C13H25N2Si/c1-13(15(4)5)9-8-11(14(2)3)10-12(13)16(6)7/h8-10,16H,1-7H3/q+1. The van der Waals surface area contributed by atoms with Gasteiger partial charge in [0.15, 0.2) is 5.71 Å². The molecular formula is C13H25N2Si+. The summed E-state index contributed by atoms with van der Waals surface area (Å²) >= 11 is 0. The molecule has 0 saturated carbocycles. The first kappa shape index (κ1) is 13.4. The third kappa shape index (κ3) is 2.35. The Bertz CT molecular complexity index is 360. The van der Waals surface area contributed by atoms with Gasteiger partial charge in [0.25, 0.3) is 0 Å². The molecule has 16 heavy (non-hydrogen) atoms. The molecule has 0 aromatic rings. The van der Waals surface area contributed by atoms with Crippen LogP contribution < -0.4 is 0 Å². The molecule has 0 aromatic heterocycles. The SMILES string of the molecule is CN(C)C1(C)C=CC(=[N+](C)C)C=C1[SiH](C)C. The first-order valence-corrected chi connectivity index (χ1v) is 8.80. The second-order valence-electron chi connectivity index (χ2n) is 5.45. The topological polar surface area (TPSA) is 6.25 Å². The second-order valence-corrected chi connectivity index (χ2v) is 8.38. The van der Waals surface area contributed by atoms with Gasteiger partial charge in [-0.1, -0.05) is 24.4 Å². The Morgan fingerprint density at radius 1 is 1.25 bits per heavy atom. The van der Waals surface area contributed by atoms with Gasteiger partial charge in [-0.05, 0) is 21.0 Å². The van der Waals surface area contributed by atoms with Crippen molar-refractivity contribution < 1.29 is 4.58 Å². The van der Waals surface area contributed by atoms with Crippen molar-refractivity contribution in [2.45, 2.75) is 25.6 Å². The molecule has 0 aliphatic heterocycles. The van der Waals surface area contributed by atoms with Crippen LogP contribution in [0.4, 0.5) is 0 Å². The fourth-order valence-corrected chi connectivity index (χ4v) is 4.16. The zero-order valence-electron chi connectivity index (χ0n) is 11.7. The fraction of sp³-hybridized carbons (Fsp3) is 0.615. The van der Waals surface area contributed by atoms with E-state index in [0.717, 1.165) is 0 Å². The van der Waals surface area contributed by atoms with E-state index in [-0.39, 0.29) is 5.54 Å². The minimum Gasteiger partial charge on any atom is -0.297 e. The summed E-state index contributed by atoms with van der Waals surface area (Å²) in [6.07, 6.45) is 6.96. The number of rotatable bonds is 2. The highest BCUT2D eigenvalue weighted by Crippen LogP contribution is 2.29. The summed E-state index contributed by atoms with van der Waals surface area (Å²) in [4.78, 5) is 2.31. The molecule has 0 aromatic carbocycles. The van der Waals surface area contributed by atoms with E-state index < -0.39 is 8.80 Å². The van der Waals surface area contributed by atoms with Gasteiger partial charge in [-0.25, -0.2) is 4.58 Å². The molecule has 0 spiro atoms. The summed E-state index contributed by atoms with van der Waals surface area (Å²) in [7, 11) is 7.74. The Balaban J connectivity index is 3.25. The highest BCUT2D eigenvalue weighted by Gasteiger charge is 2.34. The molecule has 1 rings (SSSR count). The summed E-state index contributed by atoms with van der Waals surface area (Å²) in [6.45, 7) is 7.12. The summed E-state index contributed by atoms with van der Waals surface area (Å²) < 4.78 is 2.18. The molecule has 90 valence electrons. The third-order valence-corrected chi connectivity index (χ3v) is 5.53. The molecule has 1 aliphatic carbocycles. The second kappa shape index (κ2) is 4.68. The van der Waals surface area contributed by atoms with Crippen molar-refractivity contribution >= 4 is 14.5 Å². The van der Waals surface area contributed by atoms with E-state index in [1.165, 1.54) is 5.71 Å². The van der Waals surface area contributed by atoms with Crippen LogP contribution in [0, 0.1) is 0 Å². The van der Waals surface area contributed by atoms with E-state index in [2.05, 4.69) is 75.9 Å². The Kier molecular flexibility index (Phi) is 3.91. The molecule has 0 heterocycles. The Hall–Kier alpha value is -0.673. The first-order chi connectivity index (χ1) is 7.29. The highest BCUT2D eigenvalue weighted by atomic mass is 28.3. The minimum atomic E-state index is -0.792. The predicted molar refractivity (Wildman–Crippen MR) is 75.3 cm³/mol. The average Bonchev–Trinajstić information content (AvgIpc) is 2.17. The Morgan fingerprint density at radius 3 is 2.19 bits per heavy atom. The van der Waals surface area contributed by atoms with E-state index in [1.54, 1.807) is 5.20 Å². The van der Waals surface area contributed by atoms with Gasteiger partial charge < -0.3 is 0 Å². The quantitative estimate of drug-likeness (QED) is 0.522. The molecule has 2 nitrogen and oxygen atoms in total. The number of hydrogen-bond acceptors (Lipinski definition) is 1. The zero-order chi connectivity index (χ0) is 12.5. The van der Waals surface area contributed by atoms with Gasteiger partial charge in [0.2, 0.25) is 0 Å². The van der Waals surface area contributed by atoms with Gasteiger partial charge in [-0.2, -0.15) is 0 Å². The van der Waals surface area contributed by atoms with E-state index in [4.69, 9.17) is 0 Å². The lowest BCUT2D eigenvalue weighted by atomic mass is 9.93. The van der Waals surface area contributed by atoms with Crippen molar-refractivity contribution in [3.63, 3.8) is 0 Å². The van der Waals surface area contributed by atoms with Crippen LogP contribution in [-0.2, 0) is 0 Å².